The second-order valence-corrected chi connectivity index (χ2v) is 8.47. The standard InChI is InChI=1S/C24H27N3O2S/c1-17-11-13-20(14-12-17)26-22(28)16-27(3)24(29)18(2)25-23(21-10-7-15-30-21)19-8-5-4-6-9-19/h4-15,18,23,25H,16H2,1-3H3,(H,26,28)/p+1/t18-,23-/m0/s1. The summed E-state index contributed by atoms with van der Waals surface area (Å²) < 4.78 is 0. The van der Waals surface area contributed by atoms with Crippen LogP contribution in [-0.2, 0) is 9.59 Å². The molecule has 0 aliphatic rings. The van der Waals surface area contributed by atoms with Gasteiger partial charge in [0.05, 0.1) is 11.4 Å². The maximum absolute atomic E-state index is 12.9. The van der Waals surface area contributed by atoms with Crippen molar-refractivity contribution in [2.75, 3.05) is 18.9 Å². The number of nitrogens with one attached hydrogen (secondary N) is 1. The highest BCUT2D eigenvalue weighted by Gasteiger charge is 2.28. The third kappa shape index (κ3) is 5.78. The van der Waals surface area contributed by atoms with Gasteiger partial charge in [0.15, 0.2) is 6.04 Å². The van der Waals surface area contributed by atoms with Gasteiger partial charge in [-0.15, -0.1) is 11.3 Å². The molecule has 1 heterocycles. The number of carbonyl (C=O) groups excluding carboxylic acids is 2. The molecule has 3 aromatic rings. The van der Waals surface area contributed by atoms with E-state index in [1.54, 1.807) is 18.4 Å². The van der Waals surface area contributed by atoms with Gasteiger partial charge in [-0.25, -0.2) is 0 Å². The van der Waals surface area contributed by atoms with Gasteiger partial charge in [-0.2, -0.15) is 0 Å². The van der Waals surface area contributed by atoms with Crippen LogP contribution in [0.3, 0.4) is 0 Å². The van der Waals surface area contributed by atoms with E-state index in [9.17, 15) is 9.59 Å². The first-order chi connectivity index (χ1) is 14.4. The lowest BCUT2D eigenvalue weighted by molar-refractivity contribution is -0.704. The van der Waals surface area contributed by atoms with E-state index >= 15 is 0 Å². The zero-order valence-corrected chi connectivity index (χ0v) is 18.4. The second kappa shape index (κ2) is 10.2. The number of hydrogen-bond donors (Lipinski definition) is 2. The summed E-state index contributed by atoms with van der Waals surface area (Å²) in [6.45, 7) is 3.90. The predicted molar refractivity (Wildman–Crippen MR) is 121 cm³/mol. The molecule has 0 aliphatic heterocycles. The highest BCUT2D eigenvalue weighted by atomic mass is 32.1. The lowest BCUT2D eigenvalue weighted by Crippen LogP contribution is -2.92. The fourth-order valence-corrected chi connectivity index (χ4v) is 4.18. The van der Waals surface area contributed by atoms with Gasteiger partial charge in [0.2, 0.25) is 5.91 Å². The lowest BCUT2D eigenvalue weighted by atomic mass is 10.0. The van der Waals surface area contributed by atoms with Gasteiger partial charge < -0.3 is 15.5 Å². The molecular formula is C24H28N3O2S+. The number of carbonyl (C=O) groups is 2. The number of nitrogens with zero attached hydrogens (tertiary/aromatic N) is 1. The normalized spacial score (nSPS) is 12.8. The van der Waals surface area contributed by atoms with Crippen molar-refractivity contribution < 1.29 is 14.9 Å². The minimum atomic E-state index is -0.325. The molecule has 0 saturated heterocycles. The fraction of sp³-hybridized carbons (Fsp3) is 0.250. The van der Waals surface area contributed by atoms with E-state index in [1.165, 1.54) is 9.78 Å². The number of rotatable bonds is 8. The van der Waals surface area contributed by atoms with Crippen LogP contribution in [-0.4, -0.2) is 36.3 Å². The molecule has 30 heavy (non-hydrogen) atoms. The van der Waals surface area contributed by atoms with Crippen molar-refractivity contribution in [1.29, 1.82) is 0 Å². The molecule has 3 N–H and O–H groups in total. The van der Waals surface area contributed by atoms with Crippen LogP contribution < -0.4 is 10.6 Å². The fourth-order valence-electron chi connectivity index (χ4n) is 3.35. The molecule has 1 aromatic heterocycles. The number of aryl methyl sites for hydroxylation is 1. The van der Waals surface area contributed by atoms with Crippen molar-refractivity contribution in [3.63, 3.8) is 0 Å². The Morgan fingerprint density at radius 2 is 1.73 bits per heavy atom. The van der Waals surface area contributed by atoms with E-state index in [0.29, 0.717) is 0 Å². The van der Waals surface area contributed by atoms with Gasteiger partial charge in [0, 0.05) is 18.3 Å². The third-order valence-corrected chi connectivity index (χ3v) is 5.93. The predicted octanol–water partition coefficient (Wildman–Crippen LogP) is 3.19. The van der Waals surface area contributed by atoms with E-state index in [4.69, 9.17) is 0 Å². The molecule has 0 spiro atoms. The van der Waals surface area contributed by atoms with Crippen molar-refractivity contribution in [3.8, 4) is 0 Å². The topological polar surface area (TPSA) is 66.0 Å². The first-order valence-electron chi connectivity index (χ1n) is 9.99. The molecular weight excluding hydrogens is 394 g/mol. The number of benzene rings is 2. The van der Waals surface area contributed by atoms with E-state index < -0.39 is 0 Å². The minimum Gasteiger partial charge on any atom is -0.331 e. The Balaban J connectivity index is 1.61. The summed E-state index contributed by atoms with van der Waals surface area (Å²) in [7, 11) is 1.67. The van der Waals surface area contributed by atoms with Gasteiger partial charge in [-0.3, -0.25) is 9.59 Å². The lowest BCUT2D eigenvalue weighted by Gasteiger charge is -2.23. The molecule has 5 nitrogen and oxygen atoms in total. The first kappa shape index (κ1) is 21.7. The summed E-state index contributed by atoms with van der Waals surface area (Å²) in [5.74, 6) is -0.286. The molecule has 0 radical (unpaired) electrons. The zero-order chi connectivity index (χ0) is 21.5. The average Bonchev–Trinajstić information content (AvgIpc) is 3.28. The van der Waals surface area contributed by atoms with E-state index in [1.807, 2.05) is 67.8 Å². The molecule has 156 valence electrons. The number of quaternary nitrogens is 1. The van der Waals surface area contributed by atoms with Crippen LogP contribution in [0.15, 0.2) is 72.1 Å². The number of thiophene rings is 1. The summed E-state index contributed by atoms with van der Waals surface area (Å²) in [4.78, 5) is 28.0. The Labute approximate surface area is 181 Å². The average molecular weight is 423 g/mol. The van der Waals surface area contributed by atoms with Crippen molar-refractivity contribution in [1.82, 2.24) is 4.90 Å². The van der Waals surface area contributed by atoms with Crippen molar-refractivity contribution in [2.24, 2.45) is 0 Å². The molecule has 2 atom stereocenters. The van der Waals surface area contributed by atoms with Crippen molar-refractivity contribution >= 4 is 28.8 Å². The van der Waals surface area contributed by atoms with E-state index in [0.717, 1.165) is 16.8 Å². The zero-order valence-electron chi connectivity index (χ0n) is 17.5. The summed E-state index contributed by atoms with van der Waals surface area (Å²) >= 11 is 1.68. The van der Waals surface area contributed by atoms with Crippen molar-refractivity contribution in [2.45, 2.75) is 25.9 Å². The van der Waals surface area contributed by atoms with Crippen LogP contribution in [0.2, 0.25) is 0 Å². The van der Waals surface area contributed by atoms with Gasteiger partial charge in [-0.1, -0.05) is 54.1 Å². The number of amides is 2. The van der Waals surface area contributed by atoms with Crippen LogP contribution in [0.25, 0.3) is 0 Å². The number of likely N-dealkylation sites (N-methyl/N-ethyl adjacent to an activating group) is 1. The van der Waals surface area contributed by atoms with Crippen LogP contribution in [0.4, 0.5) is 5.69 Å². The summed E-state index contributed by atoms with van der Waals surface area (Å²) in [5.41, 5.74) is 3.01. The molecule has 0 unspecified atom stereocenters. The Kier molecular flexibility index (Phi) is 7.38. The Morgan fingerprint density at radius 1 is 1.03 bits per heavy atom. The van der Waals surface area contributed by atoms with Gasteiger partial charge in [0.25, 0.3) is 5.91 Å². The molecule has 2 aromatic carbocycles. The second-order valence-electron chi connectivity index (χ2n) is 7.49. The Bertz CT molecular complexity index is 956. The number of anilines is 1. The monoisotopic (exact) mass is 422 g/mol. The molecule has 0 fully saturated rings. The summed E-state index contributed by atoms with van der Waals surface area (Å²) in [6, 6.07) is 21.6. The minimum absolute atomic E-state index is 0.0138. The van der Waals surface area contributed by atoms with Crippen LogP contribution >= 0.6 is 11.3 Å². The van der Waals surface area contributed by atoms with E-state index in [2.05, 4.69) is 28.8 Å². The summed E-state index contributed by atoms with van der Waals surface area (Å²) in [6.07, 6.45) is 0. The number of nitrogens with two attached hydrogens (primary N) is 1. The number of hydrogen-bond acceptors (Lipinski definition) is 3. The molecule has 0 saturated carbocycles. The van der Waals surface area contributed by atoms with Crippen LogP contribution in [0.5, 0.6) is 0 Å². The molecule has 0 aliphatic carbocycles. The smallest absolute Gasteiger partial charge is 0.280 e. The maximum atomic E-state index is 12.9. The van der Waals surface area contributed by atoms with E-state index in [-0.39, 0.29) is 30.4 Å². The quantitative estimate of drug-likeness (QED) is 0.586. The largest absolute Gasteiger partial charge is 0.331 e. The van der Waals surface area contributed by atoms with Gasteiger partial charge in [-0.05, 0) is 37.4 Å². The van der Waals surface area contributed by atoms with Gasteiger partial charge >= 0.3 is 0 Å². The van der Waals surface area contributed by atoms with Crippen LogP contribution in [0, 0.1) is 6.92 Å². The highest BCUT2D eigenvalue weighted by molar-refractivity contribution is 7.10. The van der Waals surface area contributed by atoms with Gasteiger partial charge in [0.1, 0.15) is 6.04 Å². The van der Waals surface area contributed by atoms with Crippen molar-refractivity contribution in [3.05, 3.63) is 88.1 Å². The summed E-state index contributed by atoms with van der Waals surface area (Å²) in [5, 5.41) is 6.96. The molecule has 3 rings (SSSR count). The van der Waals surface area contributed by atoms with Crippen LogP contribution in [0.1, 0.15) is 29.0 Å². The maximum Gasteiger partial charge on any atom is 0.280 e. The molecule has 2 amide bonds. The third-order valence-electron chi connectivity index (χ3n) is 4.97. The SMILES string of the molecule is Cc1ccc(NC(=O)CN(C)C(=O)[C@H](C)[NH2+][C@@H](c2ccccc2)c2cccs2)cc1. The molecule has 6 heteroatoms. The Hall–Kier alpha value is -2.96. The first-order valence-corrected chi connectivity index (χ1v) is 10.9. The Morgan fingerprint density at radius 3 is 2.37 bits per heavy atom. The molecule has 0 bridgehead atoms. The highest BCUT2D eigenvalue weighted by Crippen LogP contribution is 2.22.